The summed E-state index contributed by atoms with van der Waals surface area (Å²) < 4.78 is 0. The van der Waals surface area contributed by atoms with Gasteiger partial charge in [-0.2, -0.15) is 11.8 Å². The SMILES string of the molecule is CSC1CCCN(C(=O)N(C)C)C1. The first kappa shape index (κ1) is 10.7. The van der Waals surface area contributed by atoms with Crippen molar-refractivity contribution < 1.29 is 4.79 Å². The molecule has 1 heterocycles. The second kappa shape index (κ2) is 4.74. The molecule has 1 aliphatic rings. The average molecular weight is 202 g/mol. The van der Waals surface area contributed by atoms with Crippen molar-refractivity contribution in [1.82, 2.24) is 9.80 Å². The molecule has 1 saturated heterocycles. The van der Waals surface area contributed by atoms with Crippen LogP contribution >= 0.6 is 11.8 Å². The largest absolute Gasteiger partial charge is 0.331 e. The molecule has 0 N–H and O–H groups in total. The maximum atomic E-state index is 11.6. The lowest BCUT2D eigenvalue weighted by Gasteiger charge is -2.33. The van der Waals surface area contributed by atoms with Crippen molar-refractivity contribution in [3.8, 4) is 0 Å². The third-order valence-electron chi connectivity index (χ3n) is 2.36. The van der Waals surface area contributed by atoms with Crippen molar-refractivity contribution in [1.29, 1.82) is 0 Å². The highest BCUT2D eigenvalue weighted by Crippen LogP contribution is 2.20. The van der Waals surface area contributed by atoms with Gasteiger partial charge in [-0.3, -0.25) is 0 Å². The molecule has 1 unspecified atom stereocenters. The summed E-state index contributed by atoms with van der Waals surface area (Å²) in [6.45, 7) is 1.84. The zero-order chi connectivity index (χ0) is 9.84. The Hall–Kier alpha value is -0.380. The van der Waals surface area contributed by atoms with E-state index >= 15 is 0 Å². The average Bonchev–Trinajstić information content (AvgIpc) is 2.16. The first-order valence-corrected chi connectivity index (χ1v) is 5.93. The van der Waals surface area contributed by atoms with Gasteiger partial charge in [0.05, 0.1) is 0 Å². The minimum Gasteiger partial charge on any atom is -0.331 e. The molecule has 0 aromatic heterocycles. The molecule has 76 valence electrons. The third-order valence-corrected chi connectivity index (χ3v) is 3.42. The highest BCUT2D eigenvalue weighted by molar-refractivity contribution is 7.99. The number of urea groups is 1. The zero-order valence-electron chi connectivity index (χ0n) is 8.62. The number of hydrogen-bond acceptors (Lipinski definition) is 2. The summed E-state index contributed by atoms with van der Waals surface area (Å²) in [7, 11) is 3.62. The first-order chi connectivity index (χ1) is 6.15. The lowest BCUT2D eigenvalue weighted by atomic mass is 10.1. The predicted octanol–water partition coefficient (Wildman–Crippen LogP) is 1.50. The molecular formula is C9H18N2OS. The normalized spacial score (nSPS) is 23.0. The number of piperidine rings is 1. The molecule has 2 amide bonds. The van der Waals surface area contributed by atoms with Crippen molar-refractivity contribution in [2.75, 3.05) is 33.4 Å². The highest BCUT2D eigenvalue weighted by Gasteiger charge is 2.23. The topological polar surface area (TPSA) is 23.6 Å². The Morgan fingerprint density at radius 1 is 1.54 bits per heavy atom. The maximum absolute atomic E-state index is 11.6. The number of amides is 2. The van der Waals surface area contributed by atoms with E-state index in [2.05, 4.69) is 6.26 Å². The first-order valence-electron chi connectivity index (χ1n) is 4.64. The smallest absolute Gasteiger partial charge is 0.319 e. The summed E-state index contributed by atoms with van der Waals surface area (Å²) in [5.41, 5.74) is 0. The van der Waals surface area contributed by atoms with Crippen LogP contribution in [-0.2, 0) is 0 Å². The van der Waals surface area contributed by atoms with Crippen LogP contribution in [-0.4, -0.2) is 54.5 Å². The Kier molecular flexibility index (Phi) is 3.90. The van der Waals surface area contributed by atoms with E-state index < -0.39 is 0 Å². The molecule has 13 heavy (non-hydrogen) atoms. The van der Waals surface area contributed by atoms with E-state index in [9.17, 15) is 4.79 Å². The molecule has 1 fully saturated rings. The van der Waals surface area contributed by atoms with Crippen LogP contribution in [0.5, 0.6) is 0 Å². The van der Waals surface area contributed by atoms with Crippen LogP contribution in [0.2, 0.25) is 0 Å². The molecule has 0 aromatic carbocycles. The van der Waals surface area contributed by atoms with Gasteiger partial charge in [-0.1, -0.05) is 0 Å². The predicted molar refractivity (Wildman–Crippen MR) is 57.2 cm³/mol. The van der Waals surface area contributed by atoms with Crippen LogP contribution in [0.1, 0.15) is 12.8 Å². The second-order valence-corrected chi connectivity index (χ2v) is 4.76. The number of carbonyl (C=O) groups excluding carboxylic acids is 1. The van der Waals surface area contributed by atoms with Crippen molar-refractivity contribution in [3.05, 3.63) is 0 Å². The van der Waals surface area contributed by atoms with Gasteiger partial charge in [-0.05, 0) is 19.1 Å². The van der Waals surface area contributed by atoms with Crippen LogP contribution in [0.15, 0.2) is 0 Å². The molecule has 0 aromatic rings. The van der Waals surface area contributed by atoms with Gasteiger partial charge in [0, 0.05) is 32.4 Å². The van der Waals surface area contributed by atoms with E-state index in [0.717, 1.165) is 19.5 Å². The Morgan fingerprint density at radius 2 is 2.23 bits per heavy atom. The van der Waals surface area contributed by atoms with Gasteiger partial charge in [0.2, 0.25) is 0 Å². The molecule has 0 bridgehead atoms. The fourth-order valence-electron chi connectivity index (χ4n) is 1.59. The van der Waals surface area contributed by atoms with Crippen molar-refractivity contribution >= 4 is 17.8 Å². The Labute approximate surface area is 84.5 Å². The molecular weight excluding hydrogens is 184 g/mol. The number of hydrogen-bond donors (Lipinski definition) is 0. The highest BCUT2D eigenvalue weighted by atomic mass is 32.2. The van der Waals surface area contributed by atoms with E-state index in [1.807, 2.05) is 30.8 Å². The van der Waals surface area contributed by atoms with Crippen LogP contribution in [0, 0.1) is 0 Å². The second-order valence-electron chi connectivity index (χ2n) is 3.62. The summed E-state index contributed by atoms with van der Waals surface area (Å²) in [5.74, 6) is 0. The number of thioether (sulfide) groups is 1. The van der Waals surface area contributed by atoms with Crippen LogP contribution in [0.3, 0.4) is 0 Å². The minimum atomic E-state index is 0.152. The Morgan fingerprint density at radius 3 is 2.77 bits per heavy atom. The van der Waals surface area contributed by atoms with Crippen LogP contribution in [0.25, 0.3) is 0 Å². The lowest BCUT2D eigenvalue weighted by Crippen LogP contribution is -2.45. The van der Waals surface area contributed by atoms with E-state index in [0.29, 0.717) is 5.25 Å². The summed E-state index contributed by atoms with van der Waals surface area (Å²) >= 11 is 1.87. The maximum Gasteiger partial charge on any atom is 0.319 e. The lowest BCUT2D eigenvalue weighted by molar-refractivity contribution is 0.162. The van der Waals surface area contributed by atoms with Gasteiger partial charge in [0.15, 0.2) is 0 Å². The fraction of sp³-hybridized carbons (Fsp3) is 0.889. The fourth-order valence-corrected chi connectivity index (χ4v) is 2.32. The van der Waals surface area contributed by atoms with E-state index in [-0.39, 0.29) is 6.03 Å². The molecule has 0 spiro atoms. The zero-order valence-corrected chi connectivity index (χ0v) is 9.43. The molecule has 0 saturated carbocycles. The molecule has 1 aliphatic heterocycles. The number of rotatable bonds is 1. The molecule has 1 rings (SSSR count). The standard InChI is InChI=1S/C9H18N2OS/c1-10(2)9(12)11-6-4-5-8(7-11)13-3/h8H,4-7H2,1-3H3. The van der Waals surface area contributed by atoms with Crippen molar-refractivity contribution in [2.24, 2.45) is 0 Å². The monoisotopic (exact) mass is 202 g/mol. The van der Waals surface area contributed by atoms with Crippen LogP contribution < -0.4 is 0 Å². The van der Waals surface area contributed by atoms with Gasteiger partial charge in [0.25, 0.3) is 0 Å². The van der Waals surface area contributed by atoms with Gasteiger partial charge >= 0.3 is 6.03 Å². The van der Waals surface area contributed by atoms with Crippen LogP contribution in [0.4, 0.5) is 4.79 Å². The summed E-state index contributed by atoms with van der Waals surface area (Å²) in [6, 6.07) is 0.152. The van der Waals surface area contributed by atoms with E-state index in [1.54, 1.807) is 4.90 Å². The van der Waals surface area contributed by atoms with Crippen molar-refractivity contribution in [3.63, 3.8) is 0 Å². The Bertz CT molecular complexity index is 184. The molecule has 3 nitrogen and oxygen atoms in total. The van der Waals surface area contributed by atoms with Gasteiger partial charge in [-0.15, -0.1) is 0 Å². The summed E-state index contributed by atoms with van der Waals surface area (Å²) in [6.07, 6.45) is 4.51. The van der Waals surface area contributed by atoms with Gasteiger partial charge in [-0.25, -0.2) is 4.79 Å². The quantitative estimate of drug-likeness (QED) is 0.643. The summed E-state index contributed by atoms with van der Waals surface area (Å²) in [5, 5.41) is 0.637. The molecule has 0 radical (unpaired) electrons. The van der Waals surface area contributed by atoms with E-state index in [1.165, 1.54) is 6.42 Å². The Balaban J connectivity index is 2.46. The molecule has 0 aliphatic carbocycles. The number of carbonyl (C=O) groups is 1. The van der Waals surface area contributed by atoms with Gasteiger partial charge in [0.1, 0.15) is 0 Å². The molecule has 1 atom stereocenters. The van der Waals surface area contributed by atoms with E-state index in [4.69, 9.17) is 0 Å². The number of likely N-dealkylation sites (tertiary alicyclic amines) is 1. The van der Waals surface area contributed by atoms with Crippen molar-refractivity contribution in [2.45, 2.75) is 18.1 Å². The minimum absolute atomic E-state index is 0.152. The molecule has 4 heteroatoms. The van der Waals surface area contributed by atoms with Gasteiger partial charge < -0.3 is 9.80 Å². The summed E-state index contributed by atoms with van der Waals surface area (Å²) in [4.78, 5) is 15.2. The number of nitrogens with zero attached hydrogens (tertiary/aromatic N) is 2. The third kappa shape index (κ3) is 2.79.